The van der Waals surface area contributed by atoms with Crippen molar-refractivity contribution in [3.8, 4) is 0 Å². The lowest BCUT2D eigenvalue weighted by molar-refractivity contribution is 0.875. The first-order valence-electron chi connectivity index (χ1n) is 5.49. The van der Waals surface area contributed by atoms with Crippen LogP contribution in [-0.4, -0.2) is 4.98 Å². The zero-order valence-corrected chi connectivity index (χ0v) is 11.3. The van der Waals surface area contributed by atoms with Crippen molar-refractivity contribution in [2.24, 2.45) is 0 Å². The van der Waals surface area contributed by atoms with Gasteiger partial charge in [-0.3, -0.25) is 0 Å². The predicted octanol–water partition coefficient (Wildman–Crippen LogP) is 4.14. The normalized spacial score (nSPS) is 12.2. The van der Waals surface area contributed by atoms with Gasteiger partial charge in [-0.1, -0.05) is 35.3 Å². The van der Waals surface area contributed by atoms with Crippen LogP contribution in [0, 0.1) is 0 Å². The zero-order valence-electron chi connectivity index (χ0n) is 9.82. The van der Waals surface area contributed by atoms with E-state index >= 15 is 0 Å². The molecule has 3 N–H and O–H groups in total. The van der Waals surface area contributed by atoms with Crippen molar-refractivity contribution in [2.75, 3.05) is 11.1 Å². The van der Waals surface area contributed by atoms with E-state index in [-0.39, 0.29) is 6.04 Å². The second-order valence-electron chi connectivity index (χ2n) is 4.02. The Hall–Kier alpha value is -1.45. The summed E-state index contributed by atoms with van der Waals surface area (Å²) in [5.41, 5.74) is 7.50. The van der Waals surface area contributed by atoms with Gasteiger partial charge < -0.3 is 11.1 Å². The zero-order chi connectivity index (χ0) is 13.1. The monoisotopic (exact) mass is 281 g/mol. The van der Waals surface area contributed by atoms with Crippen LogP contribution < -0.4 is 11.1 Å². The predicted molar refractivity (Wildman–Crippen MR) is 77.1 cm³/mol. The quantitative estimate of drug-likeness (QED) is 0.832. The average molecular weight is 282 g/mol. The van der Waals surface area contributed by atoms with Gasteiger partial charge in [0.25, 0.3) is 0 Å². The van der Waals surface area contributed by atoms with E-state index in [4.69, 9.17) is 28.9 Å². The van der Waals surface area contributed by atoms with Gasteiger partial charge in [-0.15, -0.1) is 0 Å². The molecule has 0 spiro atoms. The fraction of sp³-hybridized carbons (Fsp3) is 0.154. The highest BCUT2D eigenvalue weighted by Gasteiger charge is 2.09. The van der Waals surface area contributed by atoms with Crippen LogP contribution in [0.5, 0.6) is 0 Å². The maximum atomic E-state index is 6.06. The van der Waals surface area contributed by atoms with Crippen LogP contribution in [-0.2, 0) is 0 Å². The Kier molecular flexibility index (Phi) is 3.94. The van der Waals surface area contributed by atoms with Crippen molar-refractivity contribution in [3.63, 3.8) is 0 Å². The summed E-state index contributed by atoms with van der Waals surface area (Å²) in [6.07, 6.45) is 1.56. The maximum absolute atomic E-state index is 6.06. The first-order chi connectivity index (χ1) is 8.56. The summed E-state index contributed by atoms with van der Waals surface area (Å²) < 4.78 is 0. The SMILES string of the molecule is CC(Nc1ncc(Cl)cc1Cl)c1ccc(N)cc1. The molecule has 0 saturated heterocycles. The number of aromatic nitrogens is 1. The van der Waals surface area contributed by atoms with Crippen molar-refractivity contribution in [1.82, 2.24) is 4.98 Å². The summed E-state index contributed by atoms with van der Waals surface area (Å²) in [7, 11) is 0. The number of rotatable bonds is 3. The molecule has 2 rings (SSSR count). The Balaban J connectivity index is 2.15. The van der Waals surface area contributed by atoms with Crippen molar-refractivity contribution in [1.29, 1.82) is 0 Å². The Morgan fingerprint density at radius 2 is 1.89 bits per heavy atom. The van der Waals surface area contributed by atoms with E-state index in [1.807, 2.05) is 31.2 Å². The molecule has 0 bridgehead atoms. The molecule has 1 aromatic heterocycles. The minimum absolute atomic E-state index is 0.0803. The summed E-state index contributed by atoms with van der Waals surface area (Å²) in [5, 5.41) is 4.25. The van der Waals surface area contributed by atoms with Crippen LogP contribution in [0.4, 0.5) is 11.5 Å². The van der Waals surface area contributed by atoms with E-state index in [0.29, 0.717) is 15.9 Å². The molecule has 1 aromatic carbocycles. The minimum atomic E-state index is 0.0803. The third-order valence-electron chi connectivity index (χ3n) is 2.60. The highest BCUT2D eigenvalue weighted by atomic mass is 35.5. The van der Waals surface area contributed by atoms with Gasteiger partial charge in [0.2, 0.25) is 0 Å². The molecular weight excluding hydrogens is 269 g/mol. The number of nitrogens with zero attached hydrogens (tertiary/aromatic N) is 1. The number of hydrogen-bond donors (Lipinski definition) is 2. The molecule has 0 aliphatic rings. The molecule has 0 radical (unpaired) electrons. The van der Waals surface area contributed by atoms with Crippen LogP contribution in [0.3, 0.4) is 0 Å². The fourth-order valence-electron chi connectivity index (χ4n) is 1.59. The van der Waals surface area contributed by atoms with Gasteiger partial charge in [0.15, 0.2) is 0 Å². The summed E-state index contributed by atoms with van der Waals surface area (Å²) in [6, 6.07) is 9.41. The summed E-state index contributed by atoms with van der Waals surface area (Å²) in [5.74, 6) is 0.616. The second kappa shape index (κ2) is 5.46. The van der Waals surface area contributed by atoms with E-state index < -0.39 is 0 Å². The molecule has 1 heterocycles. The van der Waals surface area contributed by atoms with Gasteiger partial charge in [0, 0.05) is 17.9 Å². The minimum Gasteiger partial charge on any atom is -0.399 e. The van der Waals surface area contributed by atoms with Crippen LogP contribution in [0.2, 0.25) is 10.0 Å². The lowest BCUT2D eigenvalue weighted by Gasteiger charge is -2.16. The Morgan fingerprint density at radius 1 is 1.22 bits per heavy atom. The first kappa shape index (κ1) is 13.0. The maximum Gasteiger partial charge on any atom is 0.145 e. The van der Waals surface area contributed by atoms with Crippen molar-refractivity contribution in [2.45, 2.75) is 13.0 Å². The molecule has 0 fully saturated rings. The molecule has 0 saturated carbocycles. The number of hydrogen-bond acceptors (Lipinski definition) is 3. The third-order valence-corrected chi connectivity index (χ3v) is 3.09. The highest BCUT2D eigenvalue weighted by Crippen LogP contribution is 2.26. The van der Waals surface area contributed by atoms with Gasteiger partial charge in [0.1, 0.15) is 5.82 Å². The van der Waals surface area contributed by atoms with E-state index in [2.05, 4.69) is 10.3 Å². The van der Waals surface area contributed by atoms with E-state index in [0.717, 1.165) is 11.3 Å². The number of nitrogens with one attached hydrogen (secondary N) is 1. The first-order valence-corrected chi connectivity index (χ1v) is 6.25. The lowest BCUT2D eigenvalue weighted by atomic mass is 10.1. The fourth-order valence-corrected chi connectivity index (χ4v) is 2.03. The topological polar surface area (TPSA) is 50.9 Å². The molecule has 5 heteroatoms. The number of nitrogens with two attached hydrogens (primary N) is 1. The number of benzene rings is 1. The molecule has 18 heavy (non-hydrogen) atoms. The molecule has 94 valence electrons. The molecule has 0 amide bonds. The Morgan fingerprint density at radius 3 is 2.50 bits per heavy atom. The molecular formula is C13H13Cl2N3. The van der Waals surface area contributed by atoms with Crippen molar-refractivity contribution >= 4 is 34.7 Å². The number of nitrogen functional groups attached to an aromatic ring is 1. The Labute approximate surface area is 116 Å². The molecule has 2 aromatic rings. The lowest BCUT2D eigenvalue weighted by Crippen LogP contribution is -2.08. The molecule has 3 nitrogen and oxygen atoms in total. The summed E-state index contributed by atoms with van der Waals surface area (Å²) in [4.78, 5) is 4.16. The van der Waals surface area contributed by atoms with Gasteiger partial charge >= 0.3 is 0 Å². The number of anilines is 2. The van der Waals surface area contributed by atoms with Gasteiger partial charge in [-0.2, -0.15) is 0 Å². The van der Waals surface area contributed by atoms with E-state index in [9.17, 15) is 0 Å². The van der Waals surface area contributed by atoms with E-state index in [1.54, 1.807) is 12.3 Å². The smallest absolute Gasteiger partial charge is 0.145 e. The van der Waals surface area contributed by atoms with Gasteiger partial charge in [-0.05, 0) is 30.7 Å². The molecule has 1 atom stereocenters. The largest absolute Gasteiger partial charge is 0.399 e. The highest BCUT2D eigenvalue weighted by molar-refractivity contribution is 6.35. The van der Waals surface area contributed by atoms with Crippen LogP contribution in [0.25, 0.3) is 0 Å². The molecule has 0 aliphatic heterocycles. The van der Waals surface area contributed by atoms with Crippen molar-refractivity contribution in [3.05, 3.63) is 52.1 Å². The standard InChI is InChI=1S/C13H13Cl2N3/c1-8(9-2-4-11(16)5-3-9)18-13-12(15)6-10(14)7-17-13/h2-8H,16H2,1H3,(H,17,18). The Bertz CT molecular complexity index is 540. The average Bonchev–Trinajstić information content (AvgIpc) is 2.33. The van der Waals surface area contributed by atoms with Crippen molar-refractivity contribution < 1.29 is 0 Å². The van der Waals surface area contributed by atoms with Crippen LogP contribution >= 0.6 is 23.2 Å². The van der Waals surface area contributed by atoms with E-state index in [1.165, 1.54) is 0 Å². The van der Waals surface area contributed by atoms with Gasteiger partial charge in [0.05, 0.1) is 10.0 Å². The van der Waals surface area contributed by atoms with Crippen LogP contribution in [0.1, 0.15) is 18.5 Å². The molecule has 1 unspecified atom stereocenters. The van der Waals surface area contributed by atoms with Crippen LogP contribution in [0.15, 0.2) is 36.5 Å². The summed E-state index contributed by atoms with van der Waals surface area (Å²) >= 11 is 11.9. The second-order valence-corrected chi connectivity index (χ2v) is 4.86. The third kappa shape index (κ3) is 3.06. The number of halogens is 2. The molecule has 0 aliphatic carbocycles. The number of pyridine rings is 1. The van der Waals surface area contributed by atoms with Gasteiger partial charge in [-0.25, -0.2) is 4.98 Å². The summed E-state index contributed by atoms with van der Waals surface area (Å²) in [6.45, 7) is 2.03.